The van der Waals surface area contributed by atoms with Gasteiger partial charge >= 0.3 is 0 Å². The lowest BCUT2D eigenvalue weighted by atomic mass is 9.90. The fourth-order valence-corrected chi connectivity index (χ4v) is 5.88. The number of carbonyl (C=O) groups is 2. The van der Waals surface area contributed by atoms with Gasteiger partial charge in [-0.05, 0) is 90.7 Å². The normalized spacial score (nSPS) is 13.5. The van der Waals surface area contributed by atoms with Crippen molar-refractivity contribution in [1.82, 2.24) is 9.88 Å². The van der Waals surface area contributed by atoms with Gasteiger partial charge in [-0.3, -0.25) is 14.6 Å². The van der Waals surface area contributed by atoms with Gasteiger partial charge in [0.1, 0.15) is 0 Å². The van der Waals surface area contributed by atoms with E-state index in [0.717, 1.165) is 66.8 Å². The van der Waals surface area contributed by atoms with Crippen molar-refractivity contribution in [3.8, 4) is 11.1 Å². The van der Waals surface area contributed by atoms with Gasteiger partial charge < -0.3 is 20.9 Å². The first kappa shape index (κ1) is 30.0. The number of amides is 2. The third-order valence-corrected chi connectivity index (χ3v) is 8.09. The zero-order valence-corrected chi connectivity index (χ0v) is 24.9. The highest BCUT2D eigenvalue weighted by atomic mass is 16.2. The molecule has 0 bridgehead atoms. The molecule has 4 aromatic rings. The Morgan fingerprint density at radius 1 is 0.930 bits per heavy atom. The van der Waals surface area contributed by atoms with E-state index in [-0.39, 0.29) is 11.8 Å². The van der Waals surface area contributed by atoms with Crippen LogP contribution in [0.25, 0.3) is 11.1 Å². The quantitative estimate of drug-likeness (QED) is 0.224. The number of nitrogens with one attached hydrogen (secondary N) is 1. The van der Waals surface area contributed by atoms with Gasteiger partial charge in [0, 0.05) is 45.5 Å². The highest BCUT2D eigenvalue weighted by molar-refractivity contribution is 5.95. The molecule has 2 heterocycles. The summed E-state index contributed by atoms with van der Waals surface area (Å²) < 4.78 is 0. The van der Waals surface area contributed by atoms with Crippen molar-refractivity contribution in [3.05, 3.63) is 114 Å². The van der Waals surface area contributed by atoms with E-state index in [0.29, 0.717) is 31.1 Å². The van der Waals surface area contributed by atoms with Crippen LogP contribution in [0, 0.1) is 5.92 Å². The van der Waals surface area contributed by atoms with Crippen molar-refractivity contribution >= 4 is 23.2 Å². The number of rotatable bonds is 11. The molecule has 7 nitrogen and oxygen atoms in total. The maximum Gasteiger partial charge on any atom is 0.255 e. The summed E-state index contributed by atoms with van der Waals surface area (Å²) >= 11 is 0. The maximum atomic E-state index is 13.3. The Kier molecular flexibility index (Phi) is 10.2. The van der Waals surface area contributed by atoms with Crippen LogP contribution in [0.2, 0.25) is 0 Å². The minimum atomic E-state index is -0.0874. The summed E-state index contributed by atoms with van der Waals surface area (Å²) in [5, 5.41) is 3.08. The van der Waals surface area contributed by atoms with Gasteiger partial charge in [0.25, 0.3) is 5.91 Å². The Hall–Kier alpha value is -4.49. The standard InChI is InChI=1S/C36H41N5O2/c1-27(42)39-34-24-32(13-14-35(34)40-20-15-29(16-21-40)22-28-8-3-2-4-9-28)31-11-5-10-30(23-31)26-41(19-7-17-37)36(43)33-12-6-18-38-25-33/h2-6,8-14,18,23-25,29H,7,15-17,19-22,26,37H2,1H3,(H,39,42). The first-order valence-corrected chi connectivity index (χ1v) is 15.2. The summed E-state index contributed by atoms with van der Waals surface area (Å²) in [5.74, 6) is 0.520. The van der Waals surface area contributed by atoms with Crippen LogP contribution in [-0.4, -0.2) is 47.9 Å². The first-order valence-electron chi connectivity index (χ1n) is 15.2. The molecule has 2 amide bonds. The highest BCUT2D eigenvalue weighted by Gasteiger charge is 2.22. The highest BCUT2D eigenvalue weighted by Crippen LogP contribution is 2.35. The number of benzene rings is 3. The molecular weight excluding hydrogens is 534 g/mol. The SMILES string of the molecule is CC(=O)Nc1cc(-c2cccc(CN(CCCN)C(=O)c3cccnc3)c2)ccc1N1CCC(Cc2ccccc2)CC1. The molecule has 3 aromatic carbocycles. The summed E-state index contributed by atoms with van der Waals surface area (Å²) in [5.41, 5.74) is 12.7. The van der Waals surface area contributed by atoms with E-state index in [1.807, 2.05) is 17.0 Å². The van der Waals surface area contributed by atoms with Crippen molar-refractivity contribution in [2.24, 2.45) is 11.7 Å². The summed E-state index contributed by atoms with van der Waals surface area (Å²) in [6.45, 7) is 5.03. The molecule has 1 saturated heterocycles. The van der Waals surface area contributed by atoms with Gasteiger partial charge in [-0.1, -0.05) is 54.6 Å². The van der Waals surface area contributed by atoms with Crippen molar-refractivity contribution in [3.63, 3.8) is 0 Å². The van der Waals surface area contributed by atoms with Crippen LogP contribution >= 0.6 is 0 Å². The number of nitrogens with zero attached hydrogens (tertiary/aromatic N) is 3. The topological polar surface area (TPSA) is 91.6 Å². The van der Waals surface area contributed by atoms with Gasteiger partial charge in [0.15, 0.2) is 0 Å². The van der Waals surface area contributed by atoms with E-state index in [4.69, 9.17) is 5.73 Å². The van der Waals surface area contributed by atoms with E-state index < -0.39 is 0 Å². The van der Waals surface area contributed by atoms with Crippen LogP contribution in [0.4, 0.5) is 11.4 Å². The molecule has 0 radical (unpaired) electrons. The number of nitrogens with two attached hydrogens (primary N) is 1. The van der Waals surface area contributed by atoms with Crippen LogP contribution < -0.4 is 16.0 Å². The lowest BCUT2D eigenvalue weighted by molar-refractivity contribution is -0.114. The molecule has 222 valence electrons. The Labute approximate surface area is 254 Å². The monoisotopic (exact) mass is 575 g/mol. The molecule has 0 aliphatic carbocycles. The van der Waals surface area contributed by atoms with Gasteiger partial charge in [0.2, 0.25) is 5.91 Å². The van der Waals surface area contributed by atoms with E-state index in [9.17, 15) is 9.59 Å². The Balaban J connectivity index is 1.32. The molecule has 1 fully saturated rings. The molecule has 0 spiro atoms. The fraction of sp³-hybridized carbons (Fsp3) is 0.306. The third-order valence-electron chi connectivity index (χ3n) is 8.09. The van der Waals surface area contributed by atoms with Gasteiger partial charge in [0.05, 0.1) is 16.9 Å². The van der Waals surface area contributed by atoms with Crippen molar-refractivity contribution in [2.45, 2.75) is 39.2 Å². The molecule has 1 aromatic heterocycles. The number of piperidine rings is 1. The van der Waals surface area contributed by atoms with Crippen molar-refractivity contribution < 1.29 is 9.59 Å². The largest absolute Gasteiger partial charge is 0.370 e. The number of hydrogen-bond acceptors (Lipinski definition) is 5. The maximum absolute atomic E-state index is 13.3. The van der Waals surface area contributed by atoms with Gasteiger partial charge in [-0.25, -0.2) is 0 Å². The average Bonchev–Trinajstić information content (AvgIpc) is 3.04. The summed E-state index contributed by atoms with van der Waals surface area (Å²) in [7, 11) is 0. The minimum Gasteiger partial charge on any atom is -0.370 e. The van der Waals surface area contributed by atoms with E-state index in [1.54, 1.807) is 31.5 Å². The Morgan fingerprint density at radius 2 is 1.70 bits per heavy atom. The van der Waals surface area contributed by atoms with Crippen LogP contribution in [0.1, 0.15) is 47.7 Å². The van der Waals surface area contributed by atoms with Crippen molar-refractivity contribution in [2.75, 3.05) is 36.4 Å². The number of aromatic nitrogens is 1. The summed E-state index contributed by atoms with van der Waals surface area (Å²) in [4.78, 5) is 33.8. The molecule has 1 aliphatic heterocycles. The second-order valence-electron chi connectivity index (χ2n) is 11.3. The molecule has 7 heteroatoms. The minimum absolute atomic E-state index is 0.0585. The number of anilines is 2. The predicted octanol–water partition coefficient (Wildman–Crippen LogP) is 6.16. The predicted molar refractivity (Wildman–Crippen MR) is 174 cm³/mol. The molecular formula is C36H41N5O2. The van der Waals surface area contributed by atoms with Crippen LogP contribution in [0.5, 0.6) is 0 Å². The molecule has 3 N–H and O–H groups in total. The molecule has 5 rings (SSSR count). The molecule has 43 heavy (non-hydrogen) atoms. The average molecular weight is 576 g/mol. The first-order chi connectivity index (χ1) is 21.0. The second kappa shape index (κ2) is 14.6. The van der Waals surface area contributed by atoms with Crippen LogP contribution in [0.15, 0.2) is 97.3 Å². The third kappa shape index (κ3) is 8.08. The molecule has 0 atom stereocenters. The zero-order chi connectivity index (χ0) is 30.0. The van der Waals surface area contributed by atoms with E-state index >= 15 is 0 Å². The Bertz CT molecular complexity index is 1500. The second-order valence-corrected chi connectivity index (χ2v) is 11.3. The molecule has 0 saturated carbocycles. The Morgan fingerprint density at radius 3 is 2.42 bits per heavy atom. The molecule has 1 aliphatic rings. The van der Waals surface area contributed by atoms with Crippen molar-refractivity contribution in [1.29, 1.82) is 0 Å². The lowest BCUT2D eigenvalue weighted by Crippen LogP contribution is -2.35. The zero-order valence-electron chi connectivity index (χ0n) is 24.9. The number of pyridine rings is 1. The van der Waals surface area contributed by atoms with Crippen LogP contribution in [0.3, 0.4) is 0 Å². The fourth-order valence-electron chi connectivity index (χ4n) is 5.88. The van der Waals surface area contributed by atoms with E-state index in [2.05, 4.69) is 75.9 Å². The molecule has 0 unspecified atom stereocenters. The van der Waals surface area contributed by atoms with E-state index in [1.165, 1.54) is 5.56 Å². The lowest BCUT2D eigenvalue weighted by Gasteiger charge is -2.35. The number of hydrogen-bond donors (Lipinski definition) is 2. The smallest absolute Gasteiger partial charge is 0.255 e. The number of carbonyl (C=O) groups excluding carboxylic acids is 2. The van der Waals surface area contributed by atoms with Gasteiger partial charge in [-0.2, -0.15) is 0 Å². The van der Waals surface area contributed by atoms with Crippen LogP contribution in [-0.2, 0) is 17.8 Å². The van der Waals surface area contributed by atoms with Gasteiger partial charge in [-0.15, -0.1) is 0 Å². The summed E-state index contributed by atoms with van der Waals surface area (Å²) in [6, 6.07) is 28.9. The summed E-state index contributed by atoms with van der Waals surface area (Å²) in [6.07, 6.45) is 7.34.